The number of esters is 1. The molecule has 4 nitrogen and oxygen atoms in total. The van der Waals surface area contributed by atoms with E-state index in [9.17, 15) is 10.1 Å². The molecule has 0 bridgehead atoms. The predicted octanol–water partition coefficient (Wildman–Crippen LogP) is 4.20. The number of carbonyl (C=O) groups is 1. The highest BCUT2D eigenvalue weighted by Crippen LogP contribution is 2.26. The molecule has 0 saturated heterocycles. The van der Waals surface area contributed by atoms with Crippen LogP contribution in [0.1, 0.15) is 51.5 Å². The van der Waals surface area contributed by atoms with E-state index in [1.165, 1.54) is 0 Å². The van der Waals surface area contributed by atoms with Crippen molar-refractivity contribution in [1.82, 2.24) is 0 Å². The Bertz CT molecular complexity index is 1020. The van der Waals surface area contributed by atoms with Crippen molar-refractivity contribution < 1.29 is 14.3 Å². The van der Waals surface area contributed by atoms with E-state index in [0.29, 0.717) is 11.0 Å². The van der Waals surface area contributed by atoms with Crippen LogP contribution in [0.3, 0.4) is 0 Å². The average molecular weight is 375 g/mol. The van der Waals surface area contributed by atoms with Crippen molar-refractivity contribution >= 4 is 17.6 Å². The molecule has 0 amide bonds. The monoisotopic (exact) mass is 375 g/mol. The van der Waals surface area contributed by atoms with E-state index >= 15 is 0 Å². The number of ether oxygens (including phenoxy) is 2. The van der Waals surface area contributed by atoms with Crippen molar-refractivity contribution in [3.63, 3.8) is 0 Å². The molecule has 28 heavy (non-hydrogen) atoms. The highest BCUT2D eigenvalue weighted by molar-refractivity contribution is 6.15. The summed E-state index contributed by atoms with van der Waals surface area (Å²) in [6.45, 7) is 4.14. The highest BCUT2D eigenvalue weighted by Gasteiger charge is 2.19. The van der Waals surface area contributed by atoms with Gasteiger partial charge in [-0.1, -0.05) is 57.0 Å². The number of hydrogen-bond donors (Lipinski definition) is 0. The summed E-state index contributed by atoms with van der Waals surface area (Å²) < 4.78 is 11.6. The number of rotatable bonds is 7. The second-order valence-corrected chi connectivity index (χ2v) is 6.92. The lowest BCUT2D eigenvalue weighted by molar-refractivity contribution is -0.142. The van der Waals surface area contributed by atoms with Crippen LogP contribution in [0.25, 0.3) is 11.6 Å². The van der Waals surface area contributed by atoms with Crippen LogP contribution >= 0.6 is 0 Å². The van der Waals surface area contributed by atoms with Crippen LogP contribution in [0.15, 0.2) is 42.5 Å². The second-order valence-electron chi connectivity index (χ2n) is 6.92. The Morgan fingerprint density at radius 3 is 2.64 bits per heavy atom. The van der Waals surface area contributed by atoms with Gasteiger partial charge in [-0.2, -0.15) is 5.26 Å². The van der Waals surface area contributed by atoms with E-state index in [1.54, 1.807) is 12.1 Å². The molecule has 1 heterocycles. The van der Waals surface area contributed by atoms with E-state index in [-0.39, 0.29) is 11.7 Å². The van der Waals surface area contributed by atoms with Gasteiger partial charge in [0.05, 0.1) is 0 Å². The lowest BCUT2D eigenvalue weighted by atomic mass is 10.0. The number of carbonyl (C=O) groups excluding carboxylic acids is 1. The van der Waals surface area contributed by atoms with Crippen LogP contribution < -0.4 is 15.2 Å². The molecule has 2 aromatic carbocycles. The summed E-state index contributed by atoms with van der Waals surface area (Å²) in [5, 5.41) is 11.0. The molecule has 1 aliphatic heterocycles. The van der Waals surface area contributed by atoms with Crippen molar-refractivity contribution in [3.05, 3.63) is 58.5 Å². The number of nitrogens with zero attached hydrogens (tertiary/aromatic N) is 1. The predicted molar refractivity (Wildman–Crippen MR) is 109 cm³/mol. The van der Waals surface area contributed by atoms with Crippen LogP contribution in [0, 0.1) is 11.3 Å². The summed E-state index contributed by atoms with van der Waals surface area (Å²) in [5.41, 5.74) is 0.934. The van der Waals surface area contributed by atoms with Gasteiger partial charge < -0.3 is 9.47 Å². The second kappa shape index (κ2) is 9.23. The molecule has 1 atom stereocenters. The van der Waals surface area contributed by atoms with Crippen LogP contribution in [-0.2, 0) is 9.53 Å². The molecule has 0 spiro atoms. The summed E-state index contributed by atoms with van der Waals surface area (Å²) in [6, 6.07) is 15.1. The molecule has 2 aromatic rings. The largest absolute Gasteiger partial charge is 0.458 e. The first kappa shape index (κ1) is 19.7. The number of benzene rings is 2. The SMILES string of the molecule is CCCCCC(CC)OC(=O)C(C#N)=c1cccc2c1=Cc1ccccc1O2. The number of nitriles is 1. The smallest absolute Gasteiger partial charge is 0.349 e. The third kappa shape index (κ3) is 4.26. The van der Waals surface area contributed by atoms with Crippen molar-refractivity contribution in [1.29, 1.82) is 5.26 Å². The fraction of sp³-hybridized carbons (Fsp3) is 0.333. The Hall–Kier alpha value is -3.06. The third-order valence-corrected chi connectivity index (χ3v) is 4.95. The van der Waals surface area contributed by atoms with Gasteiger partial charge in [0.15, 0.2) is 0 Å². The van der Waals surface area contributed by atoms with Crippen molar-refractivity contribution in [3.8, 4) is 17.6 Å². The minimum absolute atomic E-state index is 0.0185. The molecule has 3 rings (SSSR count). The summed E-state index contributed by atoms with van der Waals surface area (Å²) >= 11 is 0. The minimum Gasteiger partial charge on any atom is -0.458 e. The van der Waals surface area contributed by atoms with Crippen molar-refractivity contribution in [2.24, 2.45) is 0 Å². The van der Waals surface area contributed by atoms with Gasteiger partial charge in [0.25, 0.3) is 0 Å². The van der Waals surface area contributed by atoms with Gasteiger partial charge in [0.1, 0.15) is 29.2 Å². The first-order chi connectivity index (χ1) is 13.7. The van der Waals surface area contributed by atoms with E-state index in [4.69, 9.17) is 9.47 Å². The standard InChI is InChI=1S/C24H25NO3/c1-3-5-6-11-18(4-2)27-24(26)21(16-25)19-12-9-14-23-20(19)15-17-10-7-8-13-22(17)28-23/h7-10,12-15,18H,3-6,11H2,1-2H3. The van der Waals surface area contributed by atoms with Gasteiger partial charge in [-0.3, -0.25) is 0 Å². The molecule has 0 radical (unpaired) electrons. The van der Waals surface area contributed by atoms with Crippen LogP contribution in [0.4, 0.5) is 0 Å². The Morgan fingerprint density at radius 1 is 1.11 bits per heavy atom. The molecular weight excluding hydrogens is 350 g/mol. The summed E-state index contributed by atoms with van der Waals surface area (Å²) in [7, 11) is 0. The van der Waals surface area contributed by atoms with Crippen LogP contribution in [0.2, 0.25) is 0 Å². The maximum absolute atomic E-state index is 12.8. The van der Waals surface area contributed by atoms with Gasteiger partial charge in [-0.25, -0.2) is 4.79 Å². The molecule has 1 unspecified atom stereocenters. The average Bonchev–Trinajstić information content (AvgIpc) is 2.72. The fourth-order valence-corrected chi connectivity index (χ4v) is 3.36. The van der Waals surface area contributed by atoms with Gasteiger partial charge in [0.2, 0.25) is 0 Å². The van der Waals surface area contributed by atoms with Crippen LogP contribution in [-0.4, -0.2) is 12.1 Å². The normalized spacial score (nSPS) is 13.8. The Kier molecular flexibility index (Phi) is 6.49. The number of para-hydroxylation sites is 1. The van der Waals surface area contributed by atoms with Gasteiger partial charge in [-0.15, -0.1) is 0 Å². The maximum atomic E-state index is 12.8. The zero-order chi connectivity index (χ0) is 19.9. The van der Waals surface area contributed by atoms with E-state index in [0.717, 1.165) is 48.6 Å². The molecule has 0 saturated carbocycles. The number of hydrogen-bond acceptors (Lipinski definition) is 4. The Labute approximate surface area is 165 Å². The molecule has 1 aliphatic rings. The maximum Gasteiger partial charge on any atom is 0.349 e. The van der Waals surface area contributed by atoms with Crippen molar-refractivity contribution in [2.75, 3.05) is 0 Å². The lowest BCUT2D eigenvalue weighted by Gasteiger charge is -2.17. The minimum atomic E-state index is -0.563. The molecule has 144 valence electrons. The first-order valence-corrected chi connectivity index (χ1v) is 9.91. The lowest BCUT2D eigenvalue weighted by Crippen LogP contribution is -2.33. The summed E-state index contributed by atoms with van der Waals surface area (Å²) in [5.74, 6) is 0.827. The molecule has 0 aliphatic carbocycles. The van der Waals surface area contributed by atoms with Crippen molar-refractivity contribution in [2.45, 2.75) is 52.1 Å². The zero-order valence-corrected chi connectivity index (χ0v) is 16.4. The third-order valence-electron chi connectivity index (χ3n) is 4.95. The van der Waals surface area contributed by atoms with Gasteiger partial charge >= 0.3 is 5.97 Å². The van der Waals surface area contributed by atoms with E-state index < -0.39 is 5.97 Å². The topological polar surface area (TPSA) is 59.3 Å². The molecule has 0 fully saturated rings. The Balaban J connectivity index is 1.99. The van der Waals surface area contributed by atoms with E-state index in [1.807, 2.05) is 43.3 Å². The molecule has 0 N–H and O–H groups in total. The molecule has 4 heteroatoms. The van der Waals surface area contributed by atoms with Crippen LogP contribution in [0.5, 0.6) is 11.5 Å². The fourth-order valence-electron chi connectivity index (χ4n) is 3.36. The van der Waals surface area contributed by atoms with Gasteiger partial charge in [0, 0.05) is 16.0 Å². The zero-order valence-electron chi connectivity index (χ0n) is 16.4. The summed E-state index contributed by atoms with van der Waals surface area (Å²) in [4.78, 5) is 12.8. The Morgan fingerprint density at radius 2 is 1.89 bits per heavy atom. The quantitative estimate of drug-likeness (QED) is 0.459. The summed E-state index contributed by atoms with van der Waals surface area (Å²) in [6.07, 6.45) is 6.60. The highest BCUT2D eigenvalue weighted by atomic mass is 16.5. The number of fused-ring (bicyclic) bond motifs is 2. The number of unbranched alkanes of at least 4 members (excludes halogenated alkanes) is 2. The molecule has 0 aromatic heterocycles. The first-order valence-electron chi connectivity index (χ1n) is 9.91. The van der Waals surface area contributed by atoms with Gasteiger partial charge in [-0.05, 0) is 37.5 Å². The molecular formula is C24H25NO3. The van der Waals surface area contributed by atoms with E-state index in [2.05, 4.69) is 13.0 Å².